The van der Waals surface area contributed by atoms with Crippen LogP contribution < -0.4 is 15.9 Å². The Hall–Kier alpha value is -3.47. The first-order valence-corrected chi connectivity index (χ1v) is 13.4. The van der Waals surface area contributed by atoms with Crippen molar-refractivity contribution in [3.05, 3.63) is 70.0 Å². The Morgan fingerprint density at radius 2 is 1.92 bits per heavy atom. The summed E-state index contributed by atoms with van der Waals surface area (Å²) in [5, 5.41) is 15.9. The predicted octanol–water partition coefficient (Wildman–Crippen LogP) is 1.90. The molecule has 37 heavy (non-hydrogen) atoms. The van der Waals surface area contributed by atoms with E-state index < -0.39 is 10.0 Å². The summed E-state index contributed by atoms with van der Waals surface area (Å²) in [6, 6.07) is 8.43. The Kier molecular flexibility index (Phi) is 6.65. The molecule has 0 saturated carbocycles. The summed E-state index contributed by atoms with van der Waals surface area (Å²) in [6.45, 7) is 2.77. The molecule has 10 heteroatoms. The van der Waals surface area contributed by atoms with Crippen LogP contribution in [0.2, 0.25) is 0 Å². The van der Waals surface area contributed by atoms with Crippen molar-refractivity contribution in [3.63, 3.8) is 0 Å². The zero-order chi connectivity index (χ0) is 26.3. The molecule has 0 aromatic heterocycles. The first kappa shape index (κ1) is 25.2. The maximum atomic E-state index is 13.6. The molecule has 0 bridgehead atoms. The van der Waals surface area contributed by atoms with Crippen molar-refractivity contribution >= 4 is 33.2 Å². The molecule has 3 aliphatic rings. The highest BCUT2D eigenvalue weighted by molar-refractivity contribution is 7.85. The molecule has 2 atom stereocenters. The van der Waals surface area contributed by atoms with Crippen LogP contribution in [0, 0.1) is 6.92 Å². The smallest absolute Gasteiger partial charge is 0.400 e. The zero-order valence-electron chi connectivity index (χ0n) is 21.2. The summed E-state index contributed by atoms with van der Waals surface area (Å²) >= 11 is 0. The molecule has 0 fully saturated rings. The fraction of sp³-hybridized carbons (Fsp3) is 0.333. The van der Waals surface area contributed by atoms with Gasteiger partial charge in [-0.2, -0.15) is 8.42 Å². The highest BCUT2D eigenvalue weighted by Crippen LogP contribution is 2.36. The molecule has 2 aliphatic heterocycles. The summed E-state index contributed by atoms with van der Waals surface area (Å²) in [4.78, 5) is 4.77. The molecular formula is C27H30N3O6S+. The number of hydrogen-bond acceptors (Lipinski definition) is 8. The van der Waals surface area contributed by atoms with Gasteiger partial charge in [-0.1, -0.05) is 21.7 Å². The predicted molar refractivity (Wildman–Crippen MR) is 139 cm³/mol. The molecular weight excluding hydrogens is 494 g/mol. The minimum absolute atomic E-state index is 0.150. The van der Waals surface area contributed by atoms with Crippen LogP contribution in [0.1, 0.15) is 12.0 Å². The van der Waals surface area contributed by atoms with E-state index in [-0.39, 0.29) is 28.5 Å². The molecule has 1 aliphatic carbocycles. The molecule has 0 spiro atoms. The van der Waals surface area contributed by atoms with Crippen molar-refractivity contribution < 1.29 is 31.7 Å². The molecule has 0 amide bonds. The number of hydrogen-bond donors (Lipinski definition) is 2. The number of anilines is 1. The molecule has 2 heterocycles. The second kappa shape index (κ2) is 9.77. The normalized spacial score (nSPS) is 20.4. The van der Waals surface area contributed by atoms with Crippen LogP contribution in [0.25, 0.3) is 5.57 Å². The number of nitrogens with zero attached hydrogens (tertiary/aromatic N) is 2. The minimum Gasteiger partial charge on any atom is -0.501 e. The quantitative estimate of drug-likeness (QED) is 0.401. The van der Waals surface area contributed by atoms with Gasteiger partial charge in [0, 0.05) is 32.9 Å². The van der Waals surface area contributed by atoms with Crippen molar-refractivity contribution in [2.45, 2.75) is 30.4 Å². The van der Waals surface area contributed by atoms with Crippen molar-refractivity contribution in [2.75, 3.05) is 39.7 Å². The number of aryl methyl sites for hydroxylation is 1. The monoisotopic (exact) mass is 524 g/mol. The third-order valence-corrected chi connectivity index (χ3v) is 8.51. The molecule has 2 aromatic rings. The molecule has 194 valence electrons. The van der Waals surface area contributed by atoms with Gasteiger partial charge < -0.3 is 24.6 Å². The number of benzene rings is 2. The van der Waals surface area contributed by atoms with Crippen LogP contribution >= 0.6 is 0 Å². The van der Waals surface area contributed by atoms with Gasteiger partial charge in [0.2, 0.25) is 5.75 Å². The summed E-state index contributed by atoms with van der Waals surface area (Å²) in [5.74, 6) is 0.476. The van der Waals surface area contributed by atoms with E-state index in [4.69, 9.17) is 14.2 Å². The second-order valence-electron chi connectivity index (χ2n) is 9.12. The van der Waals surface area contributed by atoms with Crippen LogP contribution in [0.5, 0.6) is 5.75 Å². The highest BCUT2D eigenvalue weighted by atomic mass is 32.2. The van der Waals surface area contributed by atoms with Crippen molar-refractivity contribution in [1.29, 1.82) is 0 Å². The lowest BCUT2D eigenvalue weighted by molar-refractivity contribution is -0.253. The minimum atomic E-state index is -3.95. The largest absolute Gasteiger partial charge is 0.501 e. The number of ether oxygens (including phenoxy) is 3. The van der Waals surface area contributed by atoms with Crippen molar-refractivity contribution in [2.24, 2.45) is 4.99 Å². The second-order valence-corrected chi connectivity index (χ2v) is 10.9. The SMILES string of the molecule is COC1=CC(CNc2cc3c4c(c2O)[N+](S(=O)(=O)c2ccc(C)cc2)=CC=4CCN=3)=CC(OC)C1OC. The number of aromatic hydroxyl groups is 1. The number of sulfonamides is 1. The molecule has 2 aromatic carbocycles. The van der Waals surface area contributed by atoms with Gasteiger partial charge in [-0.3, -0.25) is 4.99 Å². The van der Waals surface area contributed by atoms with Gasteiger partial charge in [0.05, 0.1) is 23.4 Å². The van der Waals surface area contributed by atoms with Gasteiger partial charge in [-0.15, -0.1) is 0 Å². The van der Waals surface area contributed by atoms with E-state index in [1.54, 1.807) is 57.9 Å². The van der Waals surface area contributed by atoms with Gasteiger partial charge in [0.15, 0.2) is 6.21 Å². The summed E-state index contributed by atoms with van der Waals surface area (Å²) in [5.41, 5.74) is 3.27. The Bertz CT molecular complexity index is 1570. The first-order chi connectivity index (χ1) is 17.8. The van der Waals surface area contributed by atoms with Gasteiger partial charge in [0.25, 0.3) is 5.69 Å². The van der Waals surface area contributed by atoms with Crippen molar-refractivity contribution in [1.82, 2.24) is 0 Å². The average molecular weight is 525 g/mol. The van der Waals surface area contributed by atoms with E-state index in [1.807, 2.05) is 19.1 Å². The molecule has 9 nitrogen and oxygen atoms in total. The number of rotatable bonds is 8. The third-order valence-electron chi connectivity index (χ3n) is 6.84. The molecule has 2 N–H and O–H groups in total. The lowest BCUT2D eigenvalue weighted by Crippen LogP contribution is -2.34. The summed E-state index contributed by atoms with van der Waals surface area (Å²) < 4.78 is 45.0. The Morgan fingerprint density at radius 3 is 2.59 bits per heavy atom. The van der Waals surface area contributed by atoms with E-state index in [0.29, 0.717) is 41.5 Å². The van der Waals surface area contributed by atoms with E-state index in [0.717, 1.165) is 16.7 Å². The van der Waals surface area contributed by atoms with E-state index in [2.05, 4.69) is 10.3 Å². The van der Waals surface area contributed by atoms with Gasteiger partial charge in [-0.25, -0.2) is 0 Å². The molecule has 5 rings (SSSR count). The number of methoxy groups -OCH3 is 3. The Morgan fingerprint density at radius 1 is 1.16 bits per heavy atom. The van der Waals surface area contributed by atoms with E-state index in [9.17, 15) is 13.5 Å². The van der Waals surface area contributed by atoms with Crippen molar-refractivity contribution in [3.8, 4) is 5.75 Å². The fourth-order valence-corrected chi connectivity index (χ4v) is 6.29. The van der Waals surface area contributed by atoms with Crippen LogP contribution in [-0.2, 0) is 24.2 Å². The molecule has 0 saturated heterocycles. The lowest BCUT2D eigenvalue weighted by atomic mass is 9.99. The zero-order valence-corrected chi connectivity index (χ0v) is 22.0. The fourth-order valence-electron chi connectivity index (χ4n) is 4.90. The number of nitrogens with one attached hydrogen (secondary N) is 1. The maximum Gasteiger partial charge on any atom is 0.400 e. The van der Waals surface area contributed by atoms with Crippen LogP contribution in [-0.4, -0.2) is 70.3 Å². The third kappa shape index (κ3) is 4.35. The van der Waals surface area contributed by atoms with Crippen LogP contribution in [0.4, 0.5) is 11.4 Å². The average Bonchev–Trinajstić information content (AvgIpc) is 3.31. The maximum absolute atomic E-state index is 13.6. The molecule has 2 unspecified atom stereocenters. The van der Waals surface area contributed by atoms with Gasteiger partial charge in [-0.05, 0) is 49.3 Å². The van der Waals surface area contributed by atoms with Gasteiger partial charge >= 0.3 is 10.0 Å². The summed E-state index contributed by atoms with van der Waals surface area (Å²) in [6.07, 6.45) is 5.30. The Labute approximate surface area is 215 Å². The topological polar surface area (TPSA) is 109 Å². The van der Waals surface area contributed by atoms with E-state index >= 15 is 0 Å². The first-order valence-electron chi connectivity index (χ1n) is 11.9. The number of phenolic OH excluding ortho intramolecular Hbond substituents is 1. The van der Waals surface area contributed by atoms with Gasteiger partial charge in [0.1, 0.15) is 22.9 Å². The summed E-state index contributed by atoms with van der Waals surface area (Å²) in [7, 11) is 0.825. The van der Waals surface area contributed by atoms with E-state index in [1.165, 1.54) is 3.98 Å². The number of phenols is 1. The van der Waals surface area contributed by atoms with Crippen LogP contribution in [0.15, 0.2) is 63.7 Å². The Balaban J connectivity index is 1.53. The molecule has 0 radical (unpaired) electrons. The van der Waals surface area contributed by atoms with Crippen LogP contribution in [0.3, 0.4) is 0 Å². The lowest BCUT2D eigenvalue weighted by Gasteiger charge is -2.28. The highest BCUT2D eigenvalue weighted by Gasteiger charge is 2.40. The standard InChI is InChI=1S/C27H29N3O6S/c1-16-5-7-19(8-6-16)37(32,33)30-15-18-9-10-28-20-13-21(26(31)25(30)24(18)20)29-14-17-11-22(34-2)27(36-4)23(12-17)35-3/h5-8,11-13,15,22,27H,9-10,14H2,1-4H3,(H,28,29)/p+1.